The maximum atomic E-state index is 13.4. The molecule has 1 aromatic rings. The maximum absolute atomic E-state index is 13.4. The fourth-order valence-electron chi connectivity index (χ4n) is 1.83. The Morgan fingerprint density at radius 1 is 1.40 bits per heavy atom. The smallest absolute Gasteiger partial charge is 0.245 e. The van der Waals surface area contributed by atoms with Gasteiger partial charge in [0, 0.05) is 11.1 Å². The lowest BCUT2D eigenvalue weighted by atomic mass is 10.1. The maximum Gasteiger partial charge on any atom is 0.245 e. The third-order valence-corrected chi connectivity index (χ3v) is 2.77. The molecule has 15 heavy (non-hydrogen) atoms. The number of carbonyl (C=O) groups excluding carboxylic acids is 1. The van der Waals surface area contributed by atoms with Gasteiger partial charge in [-0.15, -0.1) is 0 Å². The van der Waals surface area contributed by atoms with E-state index in [4.69, 9.17) is 23.2 Å². The summed E-state index contributed by atoms with van der Waals surface area (Å²) >= 11 is 11.0. The molecule has 0 radical (unpaired) electrons. The number of hydrogen-bond acceptors (Lipinski definition) is 1. The number of carbonyl (C=O) groups is 1. The van der Waals surface area contributed by atoms with Crippen molar-refractivity contribution in [2.45, 2.75) is 12.8 Å². The van der Waals surface area contributed by atoms with Crippen molar-refractivity contribution in [3.05, 3.63) is 40.2 Å². The normalized spacial score (nSPS) is 16.9. The van der Waals surface area contributed by atoms with Crippen LogP contribution in [-0.2, 0) is 11.2 Å². The van der Waals surface area contributed by atoms with Gasteiger partial charge in [-0.05, 0) is 53.3 Å². The summed E-state index contributed by atoms with van der Waals surface area (Å²) in [6, 6.07) is 2.95. The van der Waals surface area contributed by atoms with Gasteiger partial charge in [0.15, 0.2) is 0 Å². The van der Waals surface area contributed by atoms with Crippen LogP contribution in [0.2, 0.25) is 5.02 Å². The predicted octanol–water partition coefficient (Wildman–Crippen LogP) is 3.57. The zero-order valence-corrected chi connectivity index (χ0v) is 9.20. The minimum absolute atomic E-state index is 0.317. The molecule has 4 heteroatoms. The van der Waals surface area contributed by atoms with Crippen LogP contribution in [0.5, 0.6) is 0 Å². The molecule has 1 nitrogen and oxygen atoms in total. The van der Waals surface area contributed by atoms with E-state index in [0.29, 0.717) is 29.0 Å². The highest BCUT2D eigenvalue weighted by Gasteiger charge is 2.20. The summed E-state index contributed by atoms with van der Waals surface area (Å²) < 4.78 is 13.4. The Morgan fingerprint density at radius 3 is 2.80 bits per heavy atom. The number of allylic oxidation sites excluding steroid dienone is 2. The van der Waals surface area contributed by atoms with Crippen molar-refractivity contribution in [3.63, 3.8) is 0 Å². The summed E-state index contributed by atoms with van der Waals surface area (Å²) in [6.45, 7) is 0. The zero-order valence-electron chi connectivity index (χ0n) is 7.69. The Bertz CT molecular complexity index is 466. The SMILES string of the molecule is O=C(Cl)/C=C1/CCc2c(F)cc(Cl)cc21. The second-order valence-electron chi connectivity index (χ2n) is 3.39. The van der Waals surface area contributed by atoms with Gasteiger partial charge < -0.3 is 0 Å². The van der Waals surface area contributed by atoms with Crippen LogP contribution in [-0.4, -0.2) is 5.24 Å². The Labute approximate surface area is 96.5 Å². The molecule has 0 aliphatic heterocycles. The third kappa shape index (κ3) is 2.06. The average Bonchev–Trinajstić information content (AvgIpc) is 2.48. The largest absolute Gasteiger partial charge is 0.276 e. The van der Waals surface area contributed by atoms with Crippen molar-refractivity contribution in [2.24, 2.45) is 0 Å². The number of fused-ring (bicyclic) bond motifs is 1. The molecule has 0 N–H and O–H groups in total. The highest BCUT2D eigenvalue weighted by Crippen LogP contribution is 2.35. The molecule has 0 unspecified atom stereocenters. The van der Waals surface area contributed by atoms with Crippen molar-refractivity contribution in [3.8, 4) is 0 Å². The highest BCUT2D eigenvalue weighted by atomic mass is 35.5. The van der Waals surface area contributed by atoms with E-state index in [1.54, 1.807) is 6.07 Å². The molecule has 1 aliphatic rings. The fourth-order valence-corrected chi connectivity index (χ4v) is 2.16. The second kappa shape index (κ2) is 3.95. The minimum Gasteiger partial charge on any atom is -0.276 e. The first-order valence-corrected chi connectivity index (χ1v) is 5.22. The van der Waals surface area contributed by atoms with Crippen LogP contribution in [0.15, 0.2) is 18.2 Å². The van der Waals surface area contributed by atoms with Crippen molar-refractivity contribution in [1.29, 1.82) is 0 Å². The summed E-state index contributed by atoms with van der Waals surface area (Å²) in [5, 5.41) is -0.209. The molecule has 0 atom stereocenters. The molecule has 0 aromatic heterocycles. The molecule has 0 saturated carbocycles. The molecular formula is C11H7Cl2FO. The number of hydrogen-bond donors (Lipinski definition) is 0. The topological polar surface area (TPSA) is 17.1 Å². The third-order valence-electron chi connectivity index (χ3n) is 2.44. The van der Waals surface area contributed by atoms with Gasteiger partial charge in [-0.3, -0.25) is 4.79 Å². The van der Waals surface area contributed by atoms with Gasteiger partial charge in [-0.2, -0.15) is 0 Å². The molecule has 0 saturated heterocycles. The summed E-state index contributed by atoms with van der Waals surface area (Å²) in [4.78, 5) is 10.7. The van der Waals surface area contributed by atoms with E-state index < -0.39 is 5.24 Å². The molecule has 78 valence electrons. The average molecular weight is 245 g/mol. The number of rotatable bonds is 1. The van der Waals surface area contributed by atoms with Crippen LogP contribution >= 0.6 is 23.2 Å². The highest BCUT2D eigenvalue weighted by molar-refractivity contribution is 6.67. The Kier molecular flexibility index (Phi) is 2.81. The van der Waals surface area contributed by atoms with Crippen LogP contribution < -0.4 is 0 Å². The summed E-state index contributed by atoms with van der Waals surface area (Å²) in [7, 11) is 0. The first-order chi connectivity index (χ1) is 7.08. The van der Waals surface area contributed by atoms with Crippen LogP contribution in [0, 0.1) is 5.82 Å². The fraction of sp³-hybridized carbons (Fsp3) is 0.182. The van der Waals surface area contributed by atoms with E-state index in [-0.39, 0.29) is 5.82 Å². The zero-order chi connectivity index (χ0) is 11.0. The second-order valence-corrected chi connectivity index (χ2v) is 4.20. The Hall–Kier alpha value is -0.860. The van der Waals surface area contributed by atoms with E-state index in [1.165, 1.54) is 12.1 Å². The van der Waals surface area contributed by atoms with Crippen molar-refractivity contribution in [2.75, 3.05) is 0 Å². The van der Waals surface area contributed by atoms with E-state index in [0.717, 1.165) is 5.57 Å². The standard InChI is InChI=1S/C11H7Cl2FO/c12-7-4-9-6(3-11(13)15)1-2-8(9)10(14)5-7/h3-5H,1-2H2/b6-3-. The lowest BCUT2D eigenvalue weighted by molar-refractivity contribution is -0.107. The number of benzene rings is 1. The van der Waals surface area contributed by atoms with Crippen LogP contribution in [0.25, 0.3) is 5.57 Å². The minimum atomic E-state index is -0.543. The van der Waals surface area contributed by atoms with Crippen LogP contribution in [0.4, 0.5) is 4.39 Å². The molecule has 0 heterocycles. The van der Waals surface area contributed by atoms with Crippen molar-refractivity contribution >= 4 is 34.0 Å². The summed E-state index contributed by atoms with van der Waals surface area (Å²) in [6.07, 6.45) is 2.54. The molecule has 0 spiro atoms. The van der Waals surface area contributed by atoms with E-state index in [2.05, 4.69) is 0 Å². The Morgan fingerprint density at radius 2 is 2.13 bits per heavy atom. The molecular weight excluding hydrogens is 238 g/mol. The van der Waals surface area contributed by atoms with Gasteiger partial charge in [0.25, 0.3) is 0 Å². The lowest BCUT2D eigenvalue weighted by Gasteiger charge is -2.02. The van der Waals surface area contributed by atoms with Crippen molar-refractivity contribution in [1.82, 2.24) is 0 Å². The molecule has 2 rings (SSSR count). The first kappa shape index (κ1) is 10.7. The van der Waals surface area contributed by atoms with Gasteiger partial charge in [0.05, 0.1) is 0 Å². The number of halogens is 3. The molecule has 0 bridgehead atoms. The first-order valence-electron chi connectivity index (χ1n) is 4.46. The molecule has 1 aromatic carbocycles. The van der Waals surface area contributed by atoms with Gasteiger partial charge in [0.2, 0.25) is 5.24 Å². The molecule has 1 aliphatic carbocycles. The summed E-state index contributed by atoms with van der Waals surface area (Å²) in [5.74, 6) is -0.317. The van der Waals surface area contributed by atoms with Crippen LogP contribution in [0.1, 0.15) is 17.5 Å². The summed E-state index contributed by atoms with van der Waals surface area (Å²) in [5.41, 5.74) is 2.07. The van der Waals surface area contributed by atoms with Gasteiger partial charge in [-0.25, -0.2) is 4.39 Å². The van der Waals surface area contributed by atoms with Crippen LogP contribution in [0.3, 0.4) is 0 Å². The van der Waals surface area contributed by atoms with Gasteiger partial charge >= 0.3 is 0 Å². The van der Waals surface area contributed by atoms with Gasteiger partial charge in [0.1, 0.15) is 5.82 Å². The Balaban J connectivity index is 2.55. The lowest BCUT2D eigenvalue weighted by Crippen LogP contribution is -1.88. The molecule has 0 amide bonds. The quantitative estimate of drug-likeness (QED) is 0.546. The van der Waals surface area contributed by atoms with E-state index in [1.807, 2.05) is 0 Å². The van der Waals surface area contributed by atoms with E-state index >= 15 is 0 Å². The molecule has 0 fully saturated rings. The van der Waals surface area contributed by atoms with E-state index in [9.17, 15) is 9.18 Å². The monoisotopic (exact) mass is 244 g/mol. The van der Waals surface area contributed by atoms with Gasteiger partial charge in [-0.1, -0.05) is 11.6 Å². The van der Waals surface area contributed by atoms with Crippen molar-refractivity contribution < 1.29 is 9.18 Å². The predicted molar refractivity (Wildman–Crippen MR) is 58.6 cm³/mol.